The number of hydrogen-bond acceptors (Lipinski definition) is 5. The van der Waals surface area contributed by atoms with Crippen molar-refractivity contribution in [1.29, 1.82) is 0 Å². The smallest absolute Gasteiger partial charge is 0.148 e. The molecule has 0 saturated heterocycles. The number of nitrogen functional groups attached to an aromatic ring is 1. The van der Waals surface area contributed by atoms with Gasteiger partial charge in [-0.15, -0.1) is 0 Å². The van der Waals surface area contributed by atoms with Gasteiger partial charge in [0, 0.05) is 19.2 Å². The molecule has 0 aromatic carbocycles. The van der Waals surface area contributed by atoms with Crippen LogP contribution in [-0.2, 0) is 20.0 Å². The molecule has 0 spiro atoms. The van der Waals surface area contributed by atoms with Crippen molar-refractivity contribution in [2.24, 2.45) is 7.05 Å². The zero-order valence-corrected chi connectivity index (χ0v) is 11.2. The average Bonchev–Trinajstić information content (AvgIpc) is 2.80. The summed E-state index contributed by atoms with van der Waals surface area (Å²) in [5.74, 6) is 1.67. The number of nitrogens with one attached hydrogen (secondary N) is 1. The minimum Gasteiger partial charge on any atom is -0.394 e. The van der Waals surface area contributed by atoms with Crippen molar-refractivity contribution >= 4 is 11.5 Å². The van der Waals surface area contributed by atoms with Crippen LogP contribution in [0.15, 0.2) is 4.52 Å². The predicted octanol–water partition coefficient (Wildman–Crippen LogP) is 1.78. The maximum absolute atomic E-state index is 6.05. The Morgan fingerprint density at radius 3 is 2.61 bits per heavy atom. The largest absolute Gasteiger partial charge is 0.394 e. The molecule has 0 bridgehead atoms. The molecule has 0 unspecified atom stereocenters. The number of nitrogens with two attached hydrogens (primary N) is 1. The van der Waals surface area contributed by atoms with E-state index in [2.05, 4.69) is 15.6 Å². The summed E-state index contributed by atoms with van der Waals surface area (Å²) in [7, 11) is 1.88. The van der Waals surface area contributed by atoms with Gasteiger partial charge in [0.25, 0.3) is 0 Å². The first-order valence-corrected chi connectivity index (χ1v) is 6.01. The Morgan fingerprint density at radius 2 is 2.11 bits per heavy atom. The fourth-order valence-electron chi connectivity index (χ4n) is 1.99. The lowest BCUT2D eigenvalue weighted by Gasteiger charge is -2.07. The third-order valence-electron chi connectivity index (χ3n) is 3.11. The van der Waals surface area contributed by atoms with E-state index in [1.165, 1.54) is 0 Å². The van der Waals surface area contributed by atoms with Crippen LogP contribution < -0.4 is 11.1 Å². The lowest BCUT2D eigenvalue weighted by Crippen LogP contribution is -2.07. The highest BCUT2D eigenvalue weighted by Gasteiger charge is 2.14. The van der Waals surface area contributed by atoms with Crippen molar-refractivity contribution in [2.45, 2.75) is 33.7 Å². The number of aromatic nitrogens is 3. The fourth-order valence-corrected chi connectivity index (χ4v) is 1.99. The van der Waals surface area contributed by atoms with Gasteiger partial charge in [-0.3, -0.25) is 4.68 Å². The van der Waals surface area contributed by atoms with Crippen molar-refractivity contribution in [2.75, 3.05) is 11.1 Å². The molecular weight excluding hydrogens is 230 g/mol. The topological polar surface area (TPSA) is 81.9 Å². The second-order valence-corrected chi connectivity index (χ2v) is 4.34. The highest BCUT2D eigenvalue weighted by atomic mass is 16.5. The minimum absolute atomic E-state index is 0.633. The van der Waals surface area contributed by atoms with Gasteiger partial charge >= 0.3 is 0 Å². The number of aryl methyl sites for hydroxylation is 4. The first-order chi connectivity index (χ1) is 8.54. The van der Waals surface area contributed by atoms with Gasteiger partial charge in [0.05, 0.1) is 17.1 Å². The molecule has 0 aliphatic heterocycles. The molecule has 2 rings (SSSR count). The van der Waals surface area contributed by atoms with Crippen LogP contribution in [-0.4, -0.2) is 14.9 Å². The first-order valence-electron chi connectivity index (χ1n) is 6.01. The zero-order valence-electron chi connectivity index (χ0n) is 11.2. The summed E-state index contributed by atoms with van der Waals surface area (Å²) in [5.41, 5.74) is 9.64. The summed E-state index contributed by atoms with van der Waals surface area (Å²) in [6.45, 7) is 6.50. The van der Waals surface area contributed by atoms with Gasteiger partial charge in [-0.1, -0.05) is 12.1 Å². The molecule has 98 valence electrons. The molecule has 0 saturated carbocycles. The monoisotopic (exact) mass is 249 g/mol. The van der Waals surface area contributed by atoms with Gasteiger partial charge in [-0.2, -0.15) is 5.10 Å². The summed E-state index contributed by atoms with van der Waals surface area (Å²) in [6, 6.07) is 0. The molecule has 0 aliphatic rings. The predicted molar refractivity (Wildman–Crippen MR) is 70.3 cm³/mol. The van der Waals surface area contributed by atoms with Crippen LogP contribution in [0, 0.1) is 13.8 Å². The lowest BCUT2D eigenvalue weighted by atomic mass is 10.2. The van der Waals surface area contributed by atoms with Crippen molar-refractivity contribution in [1.82, 2.24) is 14.9 Å². The maximum atomic E-state index is 6.05. The van der Waals surface area contributed by atoms with Crippen LogP contribution in [0.5, 0.6) is 0 Å². The van der Waals surface area contributed by atoms with Crippen LogP contribution in [0.1, 0.15) is 29.6 Å². The number of hydrogen-bond donors (Lipinski definition) is 2. The van der Waals surface area contributed by atoms with Crippen molar-refractivity contribution in [3.63, 3.8) is 0 Å². The summed E-state index contributed by atoms with van der Waals surface area (Å²) >= 11 is 0. The molecule has 0 radical (unpaired) electrons. The van der Waals surface area contributed by atoms with Crippen molar-refractivity contribution < 1.29 is 4.52 Å². The fraction of sp³-hybridized carbons (Fsp3) is 0.500. The summed E-state index contributed by atoms with van der Waals surface area (Å²) < 4.78 is 6.90. The molecular formula is C12H19N5O. The quantitative estimate of drug-likeness (QED) is 0.863. The maximum Gasteiger partial charge on any atom is 0.148 e. The Labute approximate surface area is 106 Å². The van der Waals surface area contributed by atoms with Gasteiger partial charge in [-0.05, 0) is 20.3 Å². The first kappa shape index (κ1) is 12.5. The van der Waals surface area contributed by atoms with Crippen LogP contribution in [0.2, 0.25) is 0 Å². The van der Waals surface area contributed by atoms with Gasteiger partial charge < -0.3 is 15.6 Å². The molecule has 0 atom stereocenters. The normalized spacial score (nSPS) is 10.9. The van der Waals surface area contributed by atoms with E-state index < -0.39 is 0 Å². The van der Waals surface area contributed by atoms with Crippen molar-refractivity contribution in [3.05, 3.63) is 22.7 Å². The molecule has 0 aliphatic carbocycles. The minimum atomic E-state index is 0.633. The van der Waals surface area contributed by atoms with Gasteiger partial charge in [-0.25, -0.2) is 0 Å². The number of rotatable bonds is 4. The number of nitrogens with zero attached hydrogens (tertiary/aromatic N) is 3. The van der Waals surface area contributed by atoms with E-state index in [0.29, 0.717) is 12.2 Å². The highest BCUT2D eigenvalue weighted by Crippen LogP contribution is 2.23. The molecule has 6 nitrogen and oxygen atoms in total. The summed E-state index contributed by atoms with van der Waals surface area (Å²) in [4.78, 5) is 0. The van der Waals surface area contributed by atoms with E-state index in [0.717, 1.165) is 35.0 Å². The Balaban J connectivity index is 2.18. The van der Waals surface area contributed by atoms with E-state index in [-0.39, 0.29) is 0 Å². The third-order valence-corrected chi connectivity index (χ3v) is 3.11. The number of anilines is 2. The van der Waals surface area contributed by atoms with Crippen LogP contribution in [0.3, 0.4) is 0 Å². The Morgan fingerprint density at radius 1 is 1.39 bits per heavy atom. The van der Waals surface area contributed by atoms with E-state index in [1.807, 2.05) is 27.8 Å². The highest BCUT2D eigenvalue weighted by molar-refractivity contribution is 5.65. The molecule has 0 fully saturated rings. The molecule has 3 N–H and O–H groups in total. The van der Waals surface area contributed by atoms with E-state index >= 15 is 0 Å². The van der Waals surface area contributed by atoms with Gasteiger partial charge in [0.2, 0.25) is 0 Å². The van der Waals surface area contributed by atoms with Gasteiger partial charge in [0.1, 0.15) is 11.6 Å². The van der Waals surface area contributed by atoms with E-state index in [1.54, 1.807) is 4.68 Å². The molecule has 6 heteroatoms. The lowest BCUT2D eigenvalue weighted by molar-refractivity contribution is 0.392. The Hall–Kier alpha value is -1.98. The summed E-state index contributed by atoms with van der Waals surface area (Å²) in [6.07, 6.45) is 0.826. The third kappa shape index (κ3) is 2.05. The van der Waals surface area contributed by atoms with Crippen LogP contribution in [0.4, 0.5) is 11.5 Å². The standard InChI is InChI=1S/C12H19N5O/c1-5-10-11(13)12(17(4)15-10)14-6-9-7(2)16-18-8(9)3/h14H,5-6,13H2,1-4H3. The van der Waals surface area contributed by atoms with Crippen LogP contribution in [0.25, 0.3) is 0 Å². The second kappa shape index (κ2) is 4.72. The second-order valence-electron chi connectivity index (χ2n) is 4.34. The van der Waals surface area contributed by atoms with Crippen LogP contribution >= 0.6 is 0 Å². The van der Waals surface area contributed by atoms with Crippen molar-refractivity contribution in [3.8, 4) is 0 Å². The van der Waals surface area contributed by atoms with E-state index in [4.69, 9.17) is 10.3 Å². The molecule has 18 heavy (non-hydrogen) atoms. The summed E-state index contributed by atoms with van der Waals surface area (Å²) in [5, 5.41) is 11.6. The molecule has 0 amide bonds. The molecule has 2 aromatic rings. The molecule has 2 heterocycles. The van der Waals surface area contributed by atoms with E-state index in [9.17, 15) is 0 Å². The van der Waals surface area contributed by atoms with Gasteiger partial charge in [0.15, 0.2) is 0 Å². The Kier molecular flexibility index (Phi) is 3.27. The SMILES string of the molecule is CCc1nn(C)c(NCc2c(C)noc2C)c1N. The average molecular weight is 249 g/mol. The molecule has 2 aromatic heterocycles. The zero-order chi connectivity index (χ0) is 13.3. The Bertz CT molecular complexity index is 536.